The minimum atomic E-state index is -0.958. The number of aromatic nitrogens is 1. The number of nitrogens with one attached hydrogen (secondary N) is 5. The Hall–Kier alpha value is -5.01. The van der Waals surface area contributed by atoms with Gasteiger partial charge < -0.3 is 41.2 Å². The van der Waals surface area contributed by atoms with Gasteiger partial charge in [0.1, 0.15) is 12.1 Å². The molecule has 0 saturated carbocycles. The van der Waals surface area contributed by atoms with Crippen molar-refractivity contribution in [1.82, 2.24) is 20.9 Å². The predicted octanol–water partition coefficient (Wildman–Crippen LogP) is 5.42. The number of benzene rings is 2. The zero-order chi connectivity index (χ0) is 37.9. The number of anilines is 2. The van der Waals surface area contributed by atoms with Crippen molar-refractivity contribution in [3.8, 4) is 11.3 Å². The van der Waals surface area contributed by atoms with E-state index in [0.717, 1.165) is 16.8 Å². The molecule has 0 aliphatic carbocycles. The molecule has 4 amide bonds. The third kappa shape index (κ3) is 11.8. The third-order valence-corrected chi connectivity index (χ3v) is 8.39. The number of amides is 4. The fraction of sp³-hybridized carbons (Fsp3) is 0.447. The summed E-state index contributed by atoms with van der Waals surface area (Å²) in [5.74, 6) is -1.51. The van der Waals surface area contributed by atoms with Gasteiger partial charge >= 0.3 is 12.2 Å². The van der Waals surface area contributed by atoms with Gasteiger partial charge in [0.2, 0.25) is 11.8 Å². The molecule has 0 radical (unpaired) electrons. The van der Waals surface area contributed by atoms with E-state index in [-0.39, 0.29) is 6.54 Å². The van der Waals surface area contributed by atoms with Gasteiger partial charge in [0.05, 0.1) is 26.0 Å². The molecule has 3 rings (SSSR count). The lowest BCUT2D eigenvalue weighted by Gasteiger charge is -2.31. The molecule has 51 heavy (non-hydrogen) atoms. The molecule has 0 fully saturated rings. The second-order valence-electron chi connectivity index (χ2n) is 14.5. The SMILES string of the molecule is COC(=O)N[C@H](C(=O)Nc1ccc(NC(=O)[C@@H](NC(=O)OC)C(C)(C)C)c([C@H](C)[C@H](O)CNCc2ccc(-c3ccccn3)cc2)c1)C(C)(C)C. The summed E-state index contributed by atoms with van der Waals surface area (Å²) in [4.78, 5) is 55.6. The topological polar surface area (TPSA) is 180 Å². The lowest BCUT2D eigenvalue weighted by atomic mass is 9.85. The van der Waals surface area contributed by atoms with E-state index in [4.69, 9.17) is 9.47 Å². The van der Waals surface area contributed by atoms with E-state index < -0.39 is 58.9 Å². The van der Waals surface area contributed by atoms with E-state index in [1.807, 2.05) is 90.9 Å². The van der Waals surface area contributed by atoms with Gasteiger partial charge in [-0.05, 0) is 52.3 Å². The Bertz CT molecular complexity index is 1640. The van der Waals surface area contributed by atoms with Gasteiger partial charge in [-0.25, -0.2) is 9.59 Å². The van der Waals surface area contributed by atoms with Crippen molar-refractivity contribution in [2.75, 3.05) is 31.4 Å². The Morgan fingerprint density at radius 2 is 1.35 bits per heavy atom. The molecular formula is C38H52N6O7. The monoisotopic (exact) mass is 704 g/mol. The van der Waals surface area contributed by atoms with E-state index in [2.05, 4.69) is 31.6 Å². The van der Waals surface area contributed by atoms with Gasteiger partial charge in [-0.2, -0.15) is 0 Å². The number of aliphatic hydroxyl groups is 1. The van der Waals surface area contributed by atoms with Crippen LogP contribution >= 0.6 is 0 Å². The first-order valence-electron chi connectivity index (χ1n) is 16.8. The average molecular weight is 705 g/mol. The molecule has 0 unspecified atom stereocenters. The first-order valence-corrected chi connectivity index (χ1v) is 16.8. The second-order valence-corrected chi connectivity index (χ2v) is 14.5. The van der Waals surface area contributed by atoms with Gasteiger partial charge in [0.25, 0.3) is 0 Å². The van der Waals surface area contributed by atoms with E-state index >= 15 is 0 Å². The molecule has 1 heterocycles. The zero-order valence-electron chi connectivity index (χ0n) is 30.9. The lowest BCUT2D eigenvalue weighted by Crippen LogP contribution is -2.51. The summed E-state index contributed by atoms with van der Waals surface area (Å²) >= 11 is 0. The smallest absolute Gasteiger partial charge is 0.407 e. The molecule has 4 atom stereocenters. The standard InChI is InChI=1S/C38H52N6O7/c1-23(30(45)22-39-21-24-13-15-25(16-14-24)28-12-10-11-19-40-28)27-20-26(41-33(46)31(37(2,3)4)43-35(48)50-8)17-18-29(27)42-34(47)32(38(5,6)7)44-36(49)51-9/h10-20,23,30-32,39,45H,21-22H2,1-9H3,(H,41,46)(H,42,47)(H,43,48)(H,44,49)/t23-,30+,31+,32+/m0/s1. The number of pyridine rings is 1. The van der Waals surface area contributed by atoms with Gasteiger partial charge in [-0.3, -0.25) is 14.6 Å². The molecule has 0 saturated heterocycles. The molecule has 1 aromatic heterocycles. The van der Waals surface area contributed by atoms with Crippen molar-refractivity contribution in [3.63, 3.8) is 0 Å². The number of hydrogen-bond acceptors (Lipinski definition) is 9. The maximum Gasteiger partial charge on any atom is 0.407 e. The van der Waals surface area contributed by atoms with Gasteiger partial charge in [-0.15, -0.1) is 0 Å². The number of methoxy groups -OCH3 is 2. The molecule has 3 aromatic rings. The molecule has 13 heteroatoms. The van der Waals surface area contributed by atoms with E-state index in [9.17, 15) is 24.3 Å². The van der Waals surface area contributed by atoms with Crippen LogP contribution in [-0.2, 0) is 25.6 Å². The number of hydrogen-bond donors (Lipinski definition) is 6. The number of aliphatic hydroxyl groups excluding tert-OH is 1. The largest absolute Gasteiger partial charge is 0.453 e. The Morgan fingerprint density at radius 3 is 1.86 bits per heavy atom. The molecule has 0 aliphatic rings. The number of rotatable bonds is 13. The second kappa shape index (κ2) is 17.8. The summed E-state index contributed by atoms with van der Waals surface area (Å²) in [6, 6.07) is 16.8. The van der Waals surface area contributed by atoms with Crippen LogP contribution in [0.5, 0.6) is 0 Å². The molecule has 6 N–H and O–H groups in total. The van der Waals surface area contributed by atoms with Gasteiger partial charge in [0, 0.05) is 42.1 Å². The van der Waals surface area contributed by atoms with Crippen molar-refractivity contribution < 1.29 is 33.8 Å². The summed E-state index contributed by atoms with van der Waals surface area (Å²) in [5, 5.41) is 25.6. The van der Waals surface area contributed by atoms with Crippen LogP contribution in [0.2, 0.25) is 0 Å². The highest BCUT2D eigenvalue weighted by Gasteiger charge is 2.35. The summed E-state index contributed by atoms with van der Waals surface area (Å²) in [6.07, 6.45) is -0.653. The fourth-order valence-electron chi connectivity index (χ4n) is 5.33. The maximum atomic E-state index is 13.6. The number of ether oxygens (including phenoxy) is 2. The Kier molecular flexibility index (Phi) is 14.1. The fourth-order valence-corrected chi connectivity index (χ4v) is 5.33. The summed E-state index contributed by atoms with van der Waals surface area (Å²) in [6.45, 7) is 13.4. The maximum absolute atomic E-state index is 13.6. The van der Waals surface area contributed by atoms with Crippen molar-refractivity contribution in [3.05, 3.63) is 78.0 Å². The van der Waals surface area contributed by atoms with Crippen LogP contribution in [0.15, 0.2) is 66.9 Å². The highest BCUT2D eigenvalue weighted by Crippen LogP contribution is 2.32. The Morgan fingerprint density at radius 1 is 0.784 bits per heavy atom. The van der Waals surface area contributed by atoms with Crippen molar-refractivity contribution in [1.29, 1.82) is 0 Å². The molecule has 13 nitrogen and oxygen atoms in total. The zero-order valence-corrected chi connectivity index (χ0v) is 30.9. The normalized spacial score (nSPS) is 13.9. The van der Waals surface area contributed by atoms with Crippen molar-refractivity contribution in [2.24, 2.45) is 10.8 Å². The van der Waals surface area contributed by atoms with E-state index in [1.165, 1.54) is 14.2 Å². The Balaban J connectivity index is 1.86. The van der Waals surface area contributed by atoms with Crippen LogP contribution in [-0.4, -0.2) is 73.0 Å². The number of carbonyl (C=O) groups excluding carboxylic acids is 4. The van der Waals surface area contributed by atoms with Crippen LogP contribution < -0.4 is 26.6 Å². The molecule has 0 spiro atoms. The molecule has 2 aromatic carbocycles. The molecule has 0 aliphatic heterocycles. The molecular weight excluding hydrogens is 652 g/mol. The summed E-state index contributed by atoms with van der Waals surface area (Å²) < 4.78 is 9.47. The van der Waals surface area contributed by atoms with Crippen molar-refractivity contribution in [2.45, 2.75) is 79.1 Å². The van der Waals surface area contributed by atoms with Gasteiger partial charge in [-0.1, -0.05) is 78.8 Å². The van der Waals surface area contributed by atoms with Gasteiger partial charge in [0.15, 0.2) is 0 Å². The van der Waals surface area contributed by atoms with E-state index in [0.29, 0.717) is 23.5 Å². The minimum Gasteiger partial charge on any atom is -0.453 e. The van der Waals surface area contributed by atoms with Crippen LogP contribution in [0.25, 0.3) is 11.3 Å². The van der Waals surface area contributed by atoms with Crippen LogP contribution in [0, 0.1) is 10.8 Å². The Labute approximate surface area is 300 Å². The molecule has 276 valence electrons. The highest BCUT2D eigenvalue weighted by atomic mass is 16.5. The highest BCUT2D eigenvalue weighted by molar-refractivity contribution is 5.99. The third-order valence-electron chi connectivity index (χ3n) is 8.39. The predicted molar refractivity (Wildman–Crippen MR) is 197 cm³/mol. The summed E-state index contributed by atoms with van der Waals surface area (Å²) in [5.41, 5.74) is 2.88. The number of alkyl carbamates (subject to hydrolysis) is 2. The first-order chi connectivity index (χ1) is 23.9. The van der Waals surface area contributed by atoms with E-state index in [1.54, 1.807) is 24.4 Å². The average Bonchev–Trinajstić information content (AvgIpc) is 3.09. The van der Waals surface area contributed by atoms with Crippen LogP contribution in [0.3, 0.4) is 0 Å². The first kappa shape index (κ1) is 40.4. The summed E-state index contributed by atoms with van der Waals surface area (Å²) in [7, 11) is 2.44. The van der Waals surface area contributed by atoms with Crippen molar-refractivity contribution >= 4 is 35.4 Å². The molecule has 0 bridgehead atoms. The lowest BCUT2D eigenvalue weighted by molar-refractivity contribution is -0.121. The number of carbonyl (C=O) groups is 4. The van der Waals surface area contributed by atoms with Crippen LogP contribution in [0.1, 0.15) is 65.5 Å². The van der Waals surface area contributed by atoms with Crippen LogP contribution in [0.4, 0.5) is 21.0 Å². The quantitative estimate of drug-likeness (QED) is 0.135. The number of nitrogens with zero attached hydrogens (tertiary/aromatic N) is 1. The minimum absolute atomic E-state index is 0.219.